The van der Waals surface area contributed by atoms with Crippen LogP contribution in [0.15, 0.2) is 279 Å². The highest BCUT2D eigenvalue weighted by atomic mass is 16.5. The molecule has 4 aliphatic rings. The molecule has 18 rings (SSSR count). The Labute approximate surface area is 468 Å². The Kier molecular flexibility index (Phi) is 9.05. The van der Waals surface area contributed by atoms with Crippen molar-refractivity contribution in [1.82, 2.24) is 9.55 Å². The Hall–Kier alpha value is -10.6. The zero-order valence-corrected chi connectivity index (χ0v) is 43.8. The van der Waals surface area contributed by atoms with Crippen LogP contribution in [0.3, 0.4) is 0 Å². The Morgan fingerprint density at radius 2 is 0.654 bits per heavy atom. The number of fused-ring (bicyclic) bond motifs is 21. The molecule has 81 heavy (non-hydrogen) atoms. The van der Waals surface area contributed by atoms with Crippen LogP contribution in [-0.4, -0.2) is 9.55 Å². The summed E-state index contributed by atoms with van der Waals surface area (Å²) in [6.07, 6.45) is 0. The number of benzene rings is 13. The van der Waals surface area contributed by atoms with E-state index < -0.39 is 10.8 Å². The summed E-state index contributed by atoms with van der Waals surface area (Å²) in [5.41, 5.74) is 21.6. The van der Waals surface area contributed by atoms with Gasteiger partial charge in [-0.15, -0.1) is 0 Å². The average Bonchev–Trinajstić information content (AvgIpc) is 2.48. The summed E-state index contributed by atoms with van der Waals surface area (Å²) >= 11 is 0. The summed E-state index contributed by atoms with van der Waals surface area (Å²) in [6, 6.07) is 102. The van der Waals surface area contributed by atoms with Gasteiger partial charge in [0.25, 0.3) is 0 Å². The average molecular weight is 1030 g/mol. The first-order chi connectivity index (χ1) is 40.2. The van der Waals surface area contributed by atoms with Crippen LogP contribution in [0.5, 0.6) is 23.0 Å². The highest BCUT2D eigenvalue weighted by molar-refractivity contribution is 6.17. The van der Waals surface area contributed by atoms with Crippen molar-refractivity contribution in [2.45, 2.75) is 10.8 Å². The second-order valence-corrected chi connectivity index (χ2v) is 21.9. The molecule has 2 aliphatic carbocycles. The summed E-state index contributed by atoms with van der Waals surface area (Å²) in [5, 5.41) is 4.37. The lowest BCUT2D eigenvalue weighted by Crippen LogP contribution is -2.32. The molecule has 0 bridgehead atoms. The molecule has 0 atom stereocenters. The maximum atomic E-state index is 7.40. The number of rotatable bonds is 4. The van der Waals surface area contributed by atoms with E-state index in [-0.39, 0.29) is 0 Å². The van der Waals surface area contributed by atoms with Gasteiger partial charge >= 0.3 is 0 Å². The second-order valence-electron chi connectivity index (χ2n) is 21.9. The second kappa shape index (κ2) is 16.5. The van der Waals surface area contributed by atoms with Crippen LogP contribution < -0.4 is 9.47 Å². The summed E-state index contributed by atoms with van der Waals surface area (Å²) in [5.74, 6) is 4.30. The van der Waals surface area contributed by atoms with Gasteiger partial charge < -0.3 is 9.47 Å². The molecule has 0 saturated carbocycles. The Bertz CT molecular complexity index is 4680. The van der Waals surface area contributed by atoms with Gasteiger partial charge in [-0.05, 0) is 96.7 Å². The van der Waals surface area contributed by atoms with Crippen LogP contribution >= 0.6 is 0 Å². The molecule has 2 spiro atoms. The Morgan fingerprint density at radius 1 is 0.284 bits per heavy atom. The predicted octanol–water partition coefficient (Wildman–Crippen LogP) is 19.3. The van der Waals surface area contributed by atoms with Gasteiger partial charge in [-0.25, -0.2) is 4.98 Å². The summed E-state index contributed by atoms with van der Waals surface area (Å²) in [7, 11) is 0. The molecule has 4 nitrogen and oxygen atoms in total. The van der Waals surface area contributed by atoms with Crippen LogP contribution in [0.4, 0.5) is 0 Å². The summed E-state index contributed by atoms with van der Waals surface area (Å²) in [4.78, 5) is 5.47. The summed E-state index contributed by atoms with van der Waals surface area (Å²) in [6.45, 7) is 0. The number of aromatic nitrogens is 2. The van der Waals surface area contributed by atoms with E-state index in [0.29, 0.717) is 0 Å². The highest BCUT2D eigenvalue weighted by Crippen LogP contribution is 2.65. The van der Waals surface area contributed by atoms with Gasteiger partial charge in [0.15, 0.2) is 0 Å². The number of ether oxygens (including phenoxy) is 2. The predicted molar refractivity (Wildman–Crippen MR) is 327 cm³/mol. The minimum absolute atomic E-state index is 0.619. The van der Waals surface area contributed by atoms with Gasteiger partial charge in [-0.2, -0.15) is 0 Å². The van der Waals surface area contributed by atoms with Crippen LogP contribution in [0.1, 0.15) is 44.5 Å². The third kappa shape index (κ3) is 5.75. The number of para-hydroxylation sites is 6. The fourth-order valence-electron chi connectivity index (χ4n) is 15.1. The standard InChI is InChI=1S/C77H46N2O2/c1-2-22-47(23-3-1)75-78-68-42-14-15-43-69(68)79(75)72-54-30-18-28-48(56-32-20-40-66-73(56)80-70-44-16-12-38-64(70)76(66)60-34-8-4-24-50(60)51-25-5-9-35-61(51)76)58(54)46-59-49(29-19-31-55(59)72)57-33-21-41-67-74(57)81-71-45-17-13-39-65(71)77(67)62-36-10-6-26-52(62)53-27-7-11-37-63(53)77/h1-46H. The minimum Gasteiger partial charge on any atom is -0.456 e. The topological polar surface area (TPSA) is 36.3 Å². The molecule has 0 amide bonds. The van der Waals surface area contributed by atoms with Crippen LogP contribution in [0, 0.1) is 0 Å². The largest absolute Gasteiger partial charge is 0.456 e. The van der Waals surface area contributed by atoms with Crippen LogP contribution in [0.25, 0.3) is 94.2 Å². The van der Waals surface area contributed by atoms with E-state index in [2.05, 4.69) is 284 Å². The fourth-order valence-corrected chi connectivity index (χ4v) is 15.1. The van der Waals surface area contributed by atoms with Crippen molar-refractivity contribution in [3.8, 4) is 84.6 Å². The molecule has 0 unspecified atom stereocenters. The normalized spacial score (nSPS) is 14.1. The van der Waals surface area contributed by atoms with Crippen molar-refractivity contribution in [2.75, 3.05) is 0 Å². The molecule has 3 heterocycles. The van der Waals surface area contributed by atoms with Gasteiger partial charge in [0.1, 0.15) is 28.8 Å². The highest BCUT2D eigenvalue weighted by Gasteiger charge is 2.53. The van der Waals surface area contributed by atoms with Gasteiger partial charge in [0.05, 0.1) is 27.6 Å². The van der Waals surface area contributed by atoms with Gasteiger partial charge in [-0.3, -0.25) is 4.57 Å². The van der Waals surface area contributed by atoms with Crippen molar-refractivity contribution < 1.29 is 9.47 Å². The lowest BCUT2D eigenvalue weighted by Gasteiger charge is -2.40. The monoisotopic (exact) mass is 1030 g/mol. The molecule has 0 N–H and O–H groups in total. The molecule has 13 aromatic carbocycles. The van der Waals surface area contributed by atoms with E-state index >= 15 is 0 Å². The van der Waals surface area contributed by atoms with E-state index in [4.69, 9.17) is 14.5 Å². The maximum absolute atomic E-state index is 7.40. The smallest absolute Gasteiger partial charge is 0.145 e. The van der Waals surface area contributed by atoms with Crippen molar-refractivity contribution in [2.24, 2.45) is 0 Å². The fraction of sp³-hybridized carbons (Fsp3) is 0.0260. The van der Waals surface area contributed by atoms with Crippen molar-refractivity contribution >= 4 is 32.6 Å². The molecule has 2 aliphatic heterocycles. The van der Waals surface area contributed by atoms with E-state index in [1.807, 2.05) is 0 Å². The van der Waals surface area contributed by atoms with E-state index in [0.717, 1.165) is 117 Å². The summed E-state index contributed by atoms with van der Waals surface area (Å²) < 4.78 is 17.2. The number of imidazole rings is 1. The van der Waals surface area contributed by atoms with Gasteiger partial charge in [0, 0.05) is 49.7 Å². The maximum Gasteiger partial charge on any atom is 0.145 e. The molecular formula is C77H46N2O2. The molecule has 4 heteroatoms. The lowest BCUT2D eigenvalue weighted by molar-refractivity contribution is 0.438. The van der Waals surface area contributed by atoms with Gasteiger partial charge in [0.2, 0.25) is 0 Å². The zero-order valence-electron chi connectivity index (χ0n) is 43.8. The van der Waals surface area contributed by atoms with Crippen molar-refractivity contribution in [3.63, 3.8) is 0 Å². The molecule has 0 radical (unpaired) electrons. The van der Waals surface area contributed by atoms with E-state index in [1.165, 1.54) is 44.5 Å². The quantitative estimate of drug-likeness (QED) is 0.165. The zero-order chi connectivity index (χ0) is 53.0. The first-order valence-corrected chi connectivity index (χ1v) is 27.9. The minimum atomic E-state index is -0.619. The van der Waals surface area contributed by atoms with Crippen LogP contribution in [-0.2, 0) is 10.8 Å². The molecular weight excluding hydrogens is 985 g/mol. The van der Waals surface area contributed by atoms with Crippen LogP contribution in [0.2, 0.25) is 0 Å². The first kappa shape index (κ1) is 44.4. The lowest BCUT2D eigenvalue weighted by atomic mass is 9.65. The van der Waals surface area contributed by atoms with E-state index in [1.54, 1.807) is 0 Å². The number of hydrogen-bond donors (Lipinski definition) is 0. The first-order valence-electron chi connectivity index (χ1n) is 27.9. The number of nitrogens with zero attached hydrogens (tertiary/aromatic N) is 2. The Morgan fingerprint density at radius 3 is 1.15 bits per heavy atom. The third-order valence-corrected chi connectivity index (χ3v) is 18.2. The van der Waals surface area contributed by atoms with Gasteiger partial charge in [-0.1, -0.05) is 249 Å². The molecule has 376 valence electrons. The number of hydrogen-bond acceptors (Lipinski definition) is 3. The molecule has 14 aromatic rings. The van der Waals surface area contributed by atoms with Crippen molar-refractivity contribution in [3.05, 3.63) is 324 Å². The molecule has 1 aromatic heterocycles. The molecule has 0 saturated heterocycles. The van der Waals surface area contributed by atoms with E-state index in [9.17, 15) is 0 Å². The third-order valence-electron chi connectivity index (χ3n) is 18.2. The van der Waals surface area contributed by atoms with Crippen molar-refractivity contribution in [1.29, 1.82) is 0 Å². The Balaban J connectivity index is 0.957. The SMILES string of the molecule is c1ccc(-c2nc3ccccc3n2-c2c3cccc(-c4cccc5c4Oc4ccccc4C54c5ccccc5-c5ccccc54)c3cc3c(-c4cccc5c4Oc4ccccc4C54c5ccccc5-c5ccccc54)cccc23)cc1. The molecule has 0 fully saturated rings.